The molecular formula is C15H17N5S. The predicted octanol–water partition coefficient (Wildman–Crippen LogP) is 3.64. The lowest BCUT2D eigenvalue weighted by Crippen LogP contribution is -2.13. The minimum atomic E-state index is 0.533. The maximum absolute atomic E-state index is 5.78. The molecule has 21 heavy (non-hydrogen) atoms. The van der Waals surface area contributed by atoms with Gasteiger partial charge in [0.2, 0.25) is 0 Å². The van der Waals surface area contributed by atoms with Crippen molar-refractivity contribution in [3.63, 3.8) is 0 Å². The van der Waals surface area contributed by atoms with Gasteiger partial charge in [-0.2, -0.15) is 0 Å². The van der Waals surface area contributed by atoms with E-state index in [9.17, 15) is 0 Å². The van der Waals surface area contributed by atoms with Crippen LogP contribution in [0.3, 0.4) is 0 Å². The summed E-state index contributed by atoms with van der Waals surface area (Å²) in [5, 5.41) is 9.08. The maximum Gasteiger partial charge on any atom is 0.181 e. The van der Waals surface area contributed by atoms with E-state index >= 15 is 0 Å². The lowest BCUT2D eigenvalue weighted by atomic mass is 9.95. The molecule has 2 heterocycles. The number of hydrogen-bond donors (Lipinski definition) is 1. The molecule has 1 saturated carbocycles. The summed E-state index contributed by atoms with van der Waals surface area (Å²) >= 11 is 1.51. The lowest BCUT2D eigenvalue weighted by molar-refractivity contribution is 0.355. The fourth-order valence-electron chi connectivity index (χ4n) is 3.16. The Morgan fingerprint density at radius 2 is 2.05 bits per heavy atom. The van der Waals surface area contributed by atoms with Crippen molar-refractivity contribution < 1.29 is 0 Å². The zero-order chi connectivity index (χ0) is 14.2. The number of rotatable bonds is 2. The van der Waals surface area contributed by atoms with E-state index < -0.39 is 0 Å². The number of nitrogen functional groups attached to an aromatic ring is 1. The van der Waals surface area contributed by atoms with Gasteiger partial charge in [0.15, 0.2) is 11.0 Å². The smallest absolute Gasteiger partial charge is 0.181 e. The highest BCUT2D eigenvalue weighted by molar-refractivity contribution is 7.22. The van der Waals surface area contributed by atoms with Crippen LogP contribution in [0.25, 0.3) is 21.6 Å². The van der Waals surface area contributed by atoms with Gasteiger partial charge < -0.3 is 10.3 Å². The standard InChI is InChI=1S/C15H17N5S/c16-15-18-12-7-6-10(8-13(12)21-15)14-19-17-9-20(14)11-4-2-1-3-5-11/h6-9,11H,1-5H2,(H2,16,18). The van der Waals surface area contributed by atoms with Crippen molar-refractivity contribution in [1.82, 2.24) is 19.7 Å². The van der Waals surface area contributed by atoms with E-state index in [-0.39, 0.29) is 0 Å². The third-order valence-electron chi connectivity index (χ3n) is 4.20. The fraction of sp³-hybridized carbons (Fsp3) is 0.400. The van der Waals surface area contributed by atoms with Crippen molar-refractivity contribution in [1.29, 1.82) is 0 Å². The minimum Gasteiger partial charge on any atom is -0.375 e. The van der Waals surface area contributed by atoms with Crippen LogP contribution in [0.1, 0.15) is 38.1 Å². The second-order valence-corrected chi connectivity index (χ2v) is 6.65. The van der Waals surface area contributed by atoms with Gasteiger partial charge >= 0.3 is 0 Å². The summed E-state index contributed by atoms with van der Waals surface area (Å²) in [7, 11) is 0. The number of aromatic nitrogens is 4. The van der Waals surface area contributed by atoms with Gasteiger partial charge in [0.1, 0.15) is 6.33 Å². The van der Waals surface area contributed by atoms with Gasteiger partial charge in [-0.3, -0.25) is 0 Å². The average molecular weight is 299 g/mol. The van der Waals surface area contributed by atoms with Crippen LogP contribution in [0.15, 0.2) is 24.5 Å². The summed E-state index contributed by atoms with van der Waals surface area (Å²) in [6.45, 7) is 0. The predicted molar refractivity (Wildman–Crippen MR) is 85.2 cm³/mol. The molecule has 1 aromatic carbocycles. The molecular weight excluding hydrogens is 282 g/mol. The minimum absolute atomic E-state index is 0.533. The van der Waals surface area contributed by atoms with Gasteiger partial charge in [-0.15, -0.1) is 10.2 Å². The molecule has 1 aliphatic rings. The molecule has 0 spiro atoms. The van der Waals surface area contributed by atoms with Crippen LogP contribution in [-0.2, 0) is 0 Å². The number of hydrogen-bond acceptors (Lipinski definition) is 5. The molecule has 0 atom stereocenters. The van der Waals surface area contributed by atoms with Crippen molar-refractivity contribution in [3.8, 4) is 11.4 Å². The van der Waals surface area contributed by atoms with Gasteiger partial charge in [-0.1, -0.05) is 30.6 Å². The summed E-state index contributed by atoms with van der Waals surface area (Å²) in [6.07, 6.45) is 8.26. The van der Waals surface area contributed by atoms with Crippen molar-refractivity contribution in [2.45, 2.75) is 38.1 Å². The zero-order valence-electron chi connectivity index (χ0n) is 11.7. The maximum atomic E-state index is 5.78. The Bertz CT molecular complexity index is 769. The molecule has 0 saturated heterocycles. The van der Waals surface area contributed by atoms with Crippen LogP contribution in [0.2, 0.25) is 0 Å². The first kappa shape index (κ1) is 12.8. The second kappa shape index (κ2) is 5.11. The molecule has 1 fully saturated rings. The Morgan fingerprint density at radius 1 is 1.19 bits per heavy atom. The molecule has 0 unspecified atom stereocenters. The number of anilines is 1. The average Bonchev–Trinajstić information content (AvgIpc) is 3.12. The van der Waals surface area contributed by atoms with Crippen molar-refractivity contribution in [2.24, 2.45) is 0 Å². The number of fused-ring (bicyclic) bond motifs is 1. The number of nitrogens with two attached hydrogens (primary N) is 1. The van der Waals surface area contributed by atoms with E-state index in [0.29, 0.717) is 11.2 Å². The second-order valence-electron chi connectivity index (χ2n) is 5.59. The molecule has 4 rings (SSSR count). The highest BCUT2D eigenvalue weighted by atomic mass is 32.1. The Morgan fingerprint density at radius 3 is 2.90 bits per heavy atom. The third-order valence-corrected chi connectivity index (χ3v) is 5.05. The van der Waals surface area contributed by atoms with Gasteiger partial charge in [-0.05, 0) is 31.0 Å². The lowest BCUT2D eigenvalue weighted by Gasteiger charge is -2.23. The van der Waals surface area contributed by atoms with Crippen LogP contribution >= 0.6 is 11.3 Å². The molecule has 0 radical (unpaired) electrons. The zero-order valence-corrected chi connectivity index (χ0v) is 12.5. The van der Waals surface area contributed by atoms with Gasteiger partial charge in [-0.25, -0.2) is 4.98 Å². The Hall–Kier alpha value is -1.95. The molecule has 2 aromatic heterocycles. The topological polar surface area (TPSA) is 69.6 Å². The van der Waals surface area contributed by atoms with Crippen molar-refractivity contribution in [2.75, 3.05) is 5.73 Å². The first-order valence-corrected chi connectivity index (χ1v) is 8.19. The van der Waals surface area contributed by atoms with E-state index in [1.54, 1.807) is 0 Å². The molecule has 2 N–H and O–H groups in total. The van der Waals surface area contributed by atoms with Gasteiger partial charge in [0.25, 0.3) is 0 Å². The quantitative estimate of drug-likeness (QED) is 0.784. The monoisotopic (exact) mass is 299 g/mol. The number of benzene rings is 1. The van der Waals surface area contributed by atoms with Crippen LogP contribution in [0.5, 0.6) is 0 Å². The molecule has 0 amide bonds. The largest absolute Gasteiger partial charge is 0.375 e. The third kappa shape index (κ3) is 2.29. The molecule has 108 valence electrons. The summed E-state index contributed by atoms with van der Waals surface area (Å²) in [5.74, 6) is 0.954. The van der Waals surface area contributed by atoms with E-state index in [2.05, 4.69) is 31.9 Å². The van der Waals surface area contributed by atoms with E-state index in [4.69, 9.17) is 5.73 Å². The SMILES string of the molecule is Nc1nc2ccc(-c3nncn3C3CCCCC3)cc2s1. The van der Waals surface area contributed by atoms with Gasteiger partial charge in [0.05, 0.1) is 10.2 Å². The Balaban J connectivity index is 1.75. The van der Waals surface area contributed by atoms with Crippen LogP contribution in [0, 0.1) is 0 Å². The van der Waals surface area contributed by atoms with E-state index in [1.807, 2.05) is 12.4 Å². The van der Waals surface area contributed by atoms with Crippen LogP contribution < -0.4 is 5.73 Å². The van der Waals surface area contributed by atoms with Crippen molar-refractivity contribution in [3.05, 3.63) is 24.5 Å². The summed E-state index contributed by atoms with van der Waals surface area (Å²) < 4.78 is 3.34. The normalized spacial score (nSPS) is 16.6. The summed E-state index contributed by atoms with van der Waals surface area (Å²) in [6, 6.07) is 6.72. The first-order valence-electron chi connectivity index (χ1n) is 7.37. The molecule has 5 nitrogen and oxygen atoms in total. The number of nitrogens with zero attached hydrogens (tertiary/aromatic N) is 4. The summed E-state index contributed by atoms with van der Waals surface area (Å²) in [5.41, 5.74) is 7.82. The van der Waals surface area contributed by atoms with Gasteiger partial charge in [0, 0.05) is 11.6 Å². The molecule has 3 aromatic rings. The van der Waals surface area contributed by atoms with Crippen molar-refractivity contribution >= 4 is 26.7 Å². The molecule has 0 bridgehead atoms. The first-order chi connectivity index (χ1) is 10.3. The van der Waals surface area contributed by atoms with Crippen LogP contribution in [0.4, 0.5) is 5.13 Å². The fourth-order valence-corrected chi connectivity index (χ4v) is 3.93. The Kier molecular flexibility index (Phi) is 3.11. The molecule has 6 heteroatoms. The Labute approximate surface area is 126 Å². The molecule has 1 aliphatic carbocycles. The van der Waals surface area contributed by atoms with E-state index in [0.717, 1.165) is 21.6 Å². The van der Waals surface area contributed by atoms with Crippen LogP contribution in [-0.4, -0.2) is 19.7 Å². The summed E-state index contributed by atoms with van der Waals surface area (Å²) in [4.78, 5) is 4.30. The highest BCUT2D eigenvalue weighted by Gasteiger charge is 2.19. The molecule has 0 aliphatic heterocycles. The highest BCUT2D eigenvalue weighted by Crippen LogP contribution is 2.33. The number of thiazole rings is 1. The van der Waals surface area contributed by atoms with E-state index in [1.165, 1.54) is 43.4 Å².